The van der Waals surface area contributed by atoms with Crippen LogP contribution in [0.15, 0.2) is 54.6 Å². The fraction of sp³-hybridized carbons (Fsp3) is 0.222. The molecule has 4 N–H and O–H groups in total. The predicted molar refractivity (Wildman–Crippen MR) is 94.5 cm³/mol. The first-order chi connectivity index (χ1) is 11.5. The van der Waals surface area contributed by atoms with Crippen molar-refractivity contribution in [3.8, 4) is 0 Å². The van der Waals surface area contributed by atoms with Crippen molar-refractivity contribution in [3.05, 3.63) is 70.7 Å². The van der Waals surface area contributed by atoms with Crippen molar-refractivity contribution < 1.29 is 9.59 Å². The SMILES string of the molecule is C[C@@H](NC(=O)C[C@@H](NC(N)=O)c1ccccc1Cl)c1ccccc1. The van der Waals surface area contributed by atoms with Crippen molar-refractivity contribution in [2.45, 2.75) is 25.4 Å². The van der Waals surface area contributed by atoms with E-state index in [9.17, 15) is 9.59 Å². The lowest BCUT2D eigenvalue weighted by atomic mass is 10.0. The quantitative estimate of drug-likeness (QED) is 0.750. The number of rotatable bonds is 6. The zero-order valence-corrected chi connectivity index (χ0v) is 14.1. The lowest BCUT2D eigenvalue weighted by molar-refractivity contribution is -0.122. The second-order valence-electron chi connectivity index (χ2n) is 5.49. The molecule has 0 radical (unpaired) electrons. The molecule has 0 spiro atoms. The van der Waals surface area contributed by atoms with Crippen molar-refractivity contribution in [1.82, 2.24) is 10.6 Å². The van der Waals surface area contributed by atoms with Gasteiger partial charge in [-0.15, -0.1) is 0 Å². The minimum absolute atomic E-state index is 0.0455. The molecule has 2 aromatic rings. The van der Waals surface area contributed by atoms with Crippen LogP contribution in [0.3, 0.4) is 0 Å². The Balaban J connectivity index is 2.07. The summed E-state index contributed by atoms with van der Waals surface area (Å²) in [5.74, 6) is -0.204. The van der Waals surface area contributed by atoms with Gasteiger partial charge in [-0.1, -0.05) is 60.1 Å². The van der Waals surface area contributed by atoms with E-state index in [0.29, 0.717) is 10.6 Å². The number of carbonyl (C=O) groups excluding carboxylic acids is 2. The number of primary amides is 1. The van der Waals surface area contributed by atoms with E-state index in [2.05, 4.69) is 10.6 Å². The van der Waals surface area contributed by atoms with E-state index >= 15 is 0 Å². The molecule has 2 atom stereocenters. The molecular weight excluding hydrogens is 326 g/mol. The highest BCUT2D eigenvalue weighted by Gasteiger charge is 2.20. The Morgan fingerprint density at radius 1 is 1.04 bits per heavy atom. The van der Waals surface area contributed by atoms with Crippen molar-refractivity contribution in [1.29, 1.82) is 0 Å². The molecule has 0 aliphatic rings. The van der Waals surface area contributed by atoms with E-state index in [1.165, 1.54) is 0 Å². The Bertz CT molecular complexity index is 706. The molecule has 0 saturated carbocycles. The predicted octanol–water partition coefficient (Wildman–Crippen LogP) is 3.32. The number of amides is 3. The average Bonchev–Trinajstić information content (AvgIpc) is 2.55. The minimum atomic E-state index is -0.705. The molecule has 0 saturated heterocycles. The number of urea groups is 1. The molecular formula is C18H20ClN3O2. The van der Waals surface area contributed by atoms with Crippen LogP contribution in [0.4, 0.5) is 4.79 Å². The van der Waals surface area contributed by atoms with Gasteiger partial charge in [0.25, 0.3) is 0 Å². The fourth-order valence-corrected chi connectivity index (χ4v) is 2.75. The average molecular weight is 346 g/mol. The Labute approximate surface area is 146 Å². The maximum absolute atomic E-state index is 12.4. The van der Waals surface area contributed by atoms with Crippen LogP contribution in [0, 0.1) is 0 Å². The Kier molecular flexibility index (Phi) is 6.21. The number of halogens is 1. The number of benzene rings is 2. The van der Waals surface area contributed by atoms with E-state index in [4.69, 9.17) is 17.3 Å². The molecule has 0 unspecified atom stereocenters. The molecule has 0 aliphatic heterocycles. The van der Waals surface area contributed by atoms with Crippen LogP contribution in [-0.4, -0.2) is 11.9 Å². The molecule has 126 valence electrons. The van der Waals surface area contributed by atoms with E-state index in [0.717, 1.165) is 5.56 Å². The largest absolute Gasteiger partial charge is 0.352 e. The van der Waals surface area contributed by atoms with Gasteiger partial charge >= 0.3 is 6.03 Å². The summed E-state index contributed by atoms with van der Waals surface area (Å²) in [4.78, 5) is 23.6. The third-order valence-corrected chi connectivity index (χ3v) is 4.01. The molecule has 3 amide bonds. The van der Waals surface area contributed by atoms with Gasteiger partial charge in [-0.3, -0.25) is 4.79 Å². The van der Waals surface area contributed by atoms with Crippen molar-refractivity contribution in [2.24, 2.45) is 5.73 Å². The lowest BCUT2D eigenvalue weighted by Crippen LogP contribution is -2.37. The maximum atomic E-state index is 12.4. The van der Waals surface area contributed by atoms with Crippen molar-refractivity contribution >= 4 is 23.5 Å². The molecule has 2 rings (SSSR count). The van der Waals surface area contributed by atoms with Crippen molar-refractivity contribution in [3.63, 3.8) is 0 Å². The van der Waals surface area contributed by atoms with Crippen LogP contribution in [0.25, 0.3) is 0 Å². The summed E-state index contributed by atoms with van der Waals surface area (Å²) in [6.07, 6.45) is 0.0455. The molecule has 6 heteroatoms. The number of hydrogen-bond donors (Lipinski definition) is 3. The highest BCUT2D eigenvalue weighted by Crippen LogP contribution is 2.25. The highest BCUT2D eigenvalue weighted by molar-refractivity contribution is 6.31. The summed E-state index contributed by atoms with van der Waals surface area (Å²) >= 11 is 6.16. The summed E-state index contributed by atoms with van der Waals surface area (Å²) in [6, 6.07) is 15.2. The molecule has 0 bridgehead atoms. The molecule has 2 aromatic carbocycles. The van der Waals surface area contributed by atoms with Gasteiger partial charge in [0.2, 0.25) is 5.91 Å². The lowest BCUT2D eigenvalue weighted by Gasteiger charge is -2.21. The van der Waals surface area contributed by atoms with Crippen LogP contribution >= 0.6 is 11.6 Å². The summed E-state index contributed by atoms with van der Waals surface area (Å²) in [5.41, 5.74) is 6.88. The molecule has 0 fully saturated rings. The topological polar surface area (TPSA) is 84.2 Å². The zero-order valence-electron chi connectivity index (χ0n) is 13.3. The number of nitrogens with one attached hydrogen (secondary N) is 2. The summed E-state index contributed by atoms with van der Waals surface area (Å²) in [6.45, 7) is 1.90. The van der Waals surface area contributed by atoms with Crippen LogP contribution in [-0.2, 0) is 4.79 Å². The van der Waals surface area contributed by atoms with Gasteiger partial charge in [0, 0.05) is 5.02 Å². The number of carbonyl (C=O) groups is 2. The second-order valence-corrected chi connectivity index (χ2v) is 5.89. The number of nitrogens with two attached hydrogens (primary N) is 1. The van der Waals surface area contributed by atoms with Gasteiger partial charge in [0.05, 0.1) is 18.5 Å². The van der Waals surface area contributed by atoms with Gasteiger partial charge < -0.3 is 16.4 Å². The van der Waals surface area contributed by atoms with Crippen LogP contribution in [0.2, 0.25) is 5.02 Å². The third kappa shape index (κ3) is 4.99. The van der Waals surface area contributed by atoms with Crippen molar-refractivity contribution in [2.75, 3.05) is 0 Å². The Morgan fingerprint density at radius 3 is 2.29 bits per heavy atom. The van der Waals surface area contributed by atoms with Gasteiger partial charge in [-0.05, 0) is 24.1 Å². The third-order valence-electron chi connectivity index (χ3n) is 3.66. The molecule has 24 heavy (non-hydrogen) atoms. The first-order valence-electron chi connectivity index (χ1n) is 7.62. The normalized spacial score (nSPS) is 12.9. The summed E-state index contributed by atoms with van der Waals surface area (Å²) in [5, 5.41) is 5.96. The highest BCUT2D eigenvalue weighted by atomic mass is 35.5. The van der Waals surface area contributed by atoms with Crippen LogP contribution in [0.5, 0.6) is 0 Å². The first kappa shape index (κ1) is 17.8. The summed E-state index contributed by atoms with van der Waals surface area (Å²) in [7, 11) is 0. The second kappa shape index (κ2) is 8.36. The maximum Gasteiger partial charge on any atom is 0.312 e. The number of hydrogen-bond acceptors (Lipinski definition) is 2. The smallest absolute Gasteiger partial charge is 0.312 e. The monoisotopic (exact) mass is 345 g/mol. The van der Waals surface area contributed by atoms with Crippen LogP contribution < -0.4 is 16.4 Å². The molecule has 0 heterocycles. The van der Waals surface area contributed by atoms with Gasteiger partial charge in [0.15, 0.2) is 0 Å². The molecule has 5 nitrogen and oxygen atoms in total. The molecule has 0 aliphatic carbocycles. The molecule has 0 aromatic heterocycles. The van der Waals surface area contributed by atoms with Gasteiger partial charge in [-0.2, -0.15) is 0 Å². The van der Waals surface area contributed by atoms with E-state index in [1.54, 1.807) is 24.3 Å². The van der Waals surface area contributed by atoms with E-state index < -0.39 is 12.1 Å². The first-order valence-corrected chi connectivity index (χ1v) is 8.00. The fourth-order valence-electron chi connectivity index (χ4n) is 2.48. The zero-order chi connectivity index (χ0) is 17.5. The van der Waals surface area contributed by atoms with Crippen LogP contribution in [0.1, 0.15) is 36.6 Å². The van der Waals surface area contributed by atoms with Gasteiger partial charge in [0.1, 0.15) is 0 Å². The standard InChI is InChI=1S/C18H20ClN3O2/c1-12(13-7-3-2-4-8-13)21-17(23)11-16(22-18(20)24)14-9-5-6-10-15(14)19/h2-10,12,16H,11H2,1H3,(H,21,23)(H3,20,22,24)/t12-,16-/m1/s1. The minimum Gasteiger partial charge on any atom is -0.352 e. The Hall–Kier alpha value is -2.53. The van der Waals surface area contributed by atoms with E-state index in [1.807, 2.05) is 37.3 Å². The van der Waals surface area contributed by atoms with Gasteiger partial charge in [-0.25, -0.2) is 4.79 Å². The van der Waals surface area contributed by atoms with E-state index in [-0.39, 0.29) is 18.4 Å². The Morgan fingerprint density at radius 2 is 1.67 bits per heavy atom. The summed E-state index contributed by atoms with van der Waals surface area (Å²) < 4.78 is 0.